The molecule has 1 aliphatic heterocycles. The lowest BCUT2D eigenvalue weighted by Gasteiger charge is -2.29. The van der Waals surface area contributed by atoms with Crippen LogP contribution in [0.15, 0.2) is 30.5 Å². The van der Waals surface area contributed by atoms with Gasteiger partial charge in [-0.2, -0.15) is 4.98 Å². The second-order valence-corrected chi connectivity index (χ2v) is 10.7. The van der Waals surface area contributed by atoms with Gasteiger partial charge in [0, 0.05) is 23.9 Å². The summed E-state index contributed by atoms with van der Waals surface area (Å²) in [7, 11) is 5.47. The number of primary amides is 1. The van der Waals surface area contributed by atoms with Crippen molar-refractivity contribution >= 4 is 46.7 Å². The Bertz CT molecular complexity index is 1300. The predicted octanol–water partition coefficient (Wildman–Crippen LogP) is 3.56. The summed E-state index contributed by atoms with van der Waals surface area (Å²) in [6, 6.07) is 3.38. The molecular formula is C27H34ClN7O4. The molecule has 1 aromatic heterocycles. The Morgan fingerprint density at radius 1 is 1.28 bits per heavy atom. The van der Waals surface area contributed by atoms with Crippen LogP contribution >= 0.6 is 11.6 Å². The summed E-state index contributed by atoms with van der Waals surface area (Å²) >= 11 is 6.46. The van der Waals surface area contributed by atoms with E-state index in [1.165, 1.54) is 6.20 Å². The molecule has 11 nitrogen and oxygen atoms in total. The zero-order valence-corrected chi connectivity index (χ0v) is 23.2. The van der Waals surface area contributed by atoms with Crippen molar-refractivity contribution in [2.45, 2.75) is 44.4 Å². The van der Waals surface area contributed by atoms with Crippen molar-refractivity contribution in [2.24, 2.45) is 17.6 Å². The van der Waals surface area contributed by atoms with Gasteiger partial charge in [0.25, 0.3) is 0 Å². The van der Waals surface area contributed by atoms with Crippen LogP contribution in [-0.2, 0) is 16.0 Å². The summed E-state index contributed by atoms with van der Waals surface area (Å²) in [4.78, 5) is 37.5. The lowest BCUT2D eigenvalue weighted by molar-refractivity contribution is -0.122. The third-order valence-corrected chi connectivity index (χ3v) is 8.10. The molecule has 12 heteroatoms. The zero-order chi connectivity index (χ0) is 27.8. The number of carbonyl (C=O) groups excluding carboxylic acids is 2. The average Bonchev–Trinajstić information content (AvgIpc) is 3.45. The van der Waals surface area contributed by atoms with Gasteiger partial charge in [-0.3, -0.25) is 9.69 Å². The Balaban J connectivity index is 1.42. The number of nitrogens with two attached hydrogens (primary N) is 1. The number of benzene rings is 1. The third kappa shape index (κ3) is 5.08. The minimum absolute atomic E-state index is 0.0786. The molecule has 2 amide bonds. The van der Waals surface area contributed by atoms with E-state index < -0.39 is 12.2 Å². The van der Waals surface area contributed by atoms with E-state index >= 15 is 0 Å². The molecule has 5 atom stereocenters. The van der Waals surface area contributed by atoms with Crippen molar-refractivity contribution in [2.75, 3.05) is 43.3 Å². The van der Waals surface area contributed by atoms with Gasteiger partial charge in [0.15, 0.2) is 5.82 Å². The Morgan fingerprint density at radius 3 is 2.74 bits per heavy atom. The molecule has 39 heavy (non-hydrogen) atoms. The molecule has 0 saturated heterocycles. The summed E-state index contributed by atoms with van der Waals surface area (Å²) in [6.45, 7) is 2.53. The van der Waals surface area contributed by atoms with Crippen molar-refractivity contribution in [1.82, 2.24) is 14.9 Å². The van der Waals surface area contributed by atoms with Gasteiger partial charge < -0.3 is 30.7 Å². The highest BCUT2D eigenvalue weighted by Crippen LogP contribution is 2.43. The van der Waals surface area contributed by atoms with Crippen LogP contribution in [0, 0.1) is 11.8 Å². The van der Waals surface area contributed by atoms with Gasteiger partial charge in [0.1, 0.15) is 16.9 Å². The number of rotatable bonds is 8. The summed E-state index contributed by atoms with van der Waals surface area (Å²) < 4.78 is 11.3. The van der Waals surface area contributed by atoms with Crippen LogP contribution in [0.1, 0.15) is 25.3 Å². The number of carbonyl (C=O) groups is 2. The number of hydrogen-bond acceptors (Lipinski definition) is 9. The third-order valence-electron chi connectivity index (χ3n) is 7.82. The van der Waals surface area contributed by atoms with E-state index in [-0.39, 0.29) is 29.8 Å². The van der Waals surface area contributed by atoms with Crippen molar-refractivity contribution < 1.29 is 19.1 Å². The first-order valence-corrected chi connectivity index (χ1v) is 13.5. The van der Waals surface area contributed by atoms with Gasteiger partial charge in [0.05, 0.1) is 36.8 Å². The van der Waals surface area contributed by atoms with Crippen LogP contribution in [0.25, 0.3) is 0 Å². The van der Waals surface area contributed by atoms with E-state index in [0.29, 0.717) is 47.6 Å². The number of amides is 2. The molecule has 1 aromatic carbocycles. The highest BCUT2D eigenvalue weighted by Gasteiger charge is 2.47. The fourth-order valence-electron chi connectivity index (χ4n) is 6.02. The maximum Gasteiger partial charge on any atom is 0.404 e. The summed E-state index contributed by atoms with van der Waals surface area (Å²) in [5.41, 5.74) is 7.80. The quantitative estimate of drug-likeness (QED) is 0.418. The van der Waals surface area contributed by atoms with E-state index in [4.69, 9.17) is 26.8 Å². The molecule has 4 N–H and O–H groups in total. The zero-order valence-electron chi connectivity index (χ0n) is 22.5. The molecule has 208 valence electrons. The largest absolute Gasteiger partial charge is 0.494 e. The number of halogens is 1. The molecule has 5 rings (SSSR count). The number of anilines is 4. The number of nitrogens with zero attached hydrogens (tertiary/aromatic N) is 4. The number of methoxy groups -OCH3 is 1. The molecule has 0 unspecified atom stereocenters. The molecule has 2 bridgehead atoms. The van der Waals surface area contributed by atoms with Crippen LogP contribution in [0.4, 0.5) is 27.9 Å². The van der Waals surface area contributed by atoms with Crippen molar-refractivity contribution in [3.63, 3.8) is 0 Å². The molecule has 2 aromatic rings. The van der Waals surface area contributed by atoms with E-state index in [0.717, 1.165) is 17.7 Å². The molecule has 2 aliphatic carbocycles. The Kier molecular flexibility index (Phi) is 7.55. The van der Waals surface area contributed by atoms with Gasteiger partial charge in [-0.25, -0.2) is 9.78 Å². The molecule has 2 heterocycles. The molecule has 0 spiro atoms. The summed E-state index contributed by atoms with van der Waals surface area (Å²) in [6.07, 6.45) is 6.69. The van der Waals surface area contributed by atoms with Crippen LogP contribution in [0.3, 0.4) is 0 Å². The highest BCUT2D eigenvalue weighted by molar-refractivity contribution is 6.32. The number of fused-ring (bicyclic) bond motifs is 3. The fourth-order valence-corrected chi connectivity index (χ4v) is 6.17. The molecule has 1 fully saturated rings. The normalized spacial score (nSPS) is 25.4. The molecule has 1 saturated carbocycles. The Hall–Kier alpha value is -3.57. The number of nitrogens with one attached hydrogen (secondary N) is 2. The second kappa shape index (κ2) is 10.9. The first-order chi connectivity index (χ1) is 18.7. The lowest BCUT2D eigenvalue weighted by Crippen LogP contribution is -2.45. The van der Waals surface area contributed by atoms with Crippen molar-refractivity contribution in [1.29, 1.82) is 0 Å². The lowest BCUT2D eigenvalue weighted by atomic mass is 9.98. The first-order valence-electron chi connectivity index (χ1n) is 13.1. The minimum Gasteiger partial charge on any atom is -0.494 e. The summed E-state index contributed by atoms with van der Waals surface area (Å²) in [5.74, 6) is 1.72. The second-order valence-electron chi connectivity index (χ2n) is 10.3. The van der Waals surface area contributed by atoms with E-state index in [9.17, 15) is 9.59 Å². The van der Waals surface area contributed by atoms with Gasteiger partial charge in [-0.15, -0.1) is 0 Å². The molecular weight excluding hydrogens is 522 g/mol. The van der Waals surface area contributed by atoms with Crippen LogP contribution < -0.4 is 26.0 Å². The first kappa shape index (κ1) is 27.0. The van der Waals surface area contributed by atoms with Crippen molar-refractivity contribution in [3.8, 4) is 5.75 Å². The maximum absolute atomic E-state index is 13.2. The van der Waals surface area contributed by atoms with E-state index in [2.05, 4.69) is 32.8 Å². The smallest absolute Gasteiger partial charge is 0.404 e. The molecule has 0 radical (unpaired) electrons. The highest BCUT2D eigenvalue weighted by atomic mass is 35.5. The number of aromatic nitrogens is 2. The van der Waals surface area contributed by atoms with E-state index in [1.807, 2.05) is 43.0 Å². The van der Waals surface area contributed by atoms with E-state index in [1.54, 1.807) is 7.11 Å². The maximum atomic E-state index is 13.2. The van der Waals surface area contributed by atoms with Gasteiger partial charge in [0.2, 0.25) is 11.9 Å². The monoisotopic (exact) mass is 555 g/mol. The number of hydrogen-bond donors (Lipinski definition) is 3. The Labute approximate surface area is 232 Å². The standard InChI is InChI=1S/C27H34ClN7O4/c1-5-35-19-11-9-18(23(38-4)16(19)8-10-20(25(35)36)34(2)3)31-27-30-13-17(28)24(33-27)32-21-14-6-7-15(12-14)22(21)39-26(29)37/h6-7,9,11,13-15,20-22H,5,8,10,12H2,1-4H3,(H2,29,37)(H2,30,31,32,33)/t14-,15+,20-,21+,22-/m0/s1. The summed E-state index contributed by atoms with van der Waals surface area (Å²) in [5, 5.41) is 6.96. The van der Waals surface area contributed by atoms with Crippen LogP contribution in [-0.4, -0.2) is 72.8 Å². The van der Waals surface area contributed by atoms with Crippen molar-refractivity contribution in [3.05, 3.63) is 41.1 Å². The average molecular weight is 556 g/mol. The SMILES string of the molecule is CCN1C(=O)[C@@H](N(C)C)CCc2c1ccc(Nc1ncc(Cl)c(N[C@H]3[C@@H](OC(N)=O)[C@@H]4C=C[C@H]3C4)n1)c2OC. The molecule has 3 aliphatic rings. The van der Waals surface area contributed by atoms with Gasteiger partial charge in [-0.05, 0) is 52.4 Å². The topological polar surface area (TPSA) is 135 Å². The Morgan fingerprint density at radius 2 is 2.05 bits per heavy atom. The predicted molar refractivity (Wildman–Crippen MR) is 150 cm³/mol. The van der Waals surface area contributed by atoms with Crippen LogP contribution in [0.2, 0.25) is 5.02 Å². The number of ether oxygens (including phenoxy) is 2. The van der Waals surface area contributed by atoms with Gasteiger partial charge in [-0.1, -0.05) is 23.8 Å². The minimum atomic E-state index is -0.806. The van der Waals surface area contributed by atoms with Gasteiger partial charge >= 0.3 is 6.09 Å². The van der Waals surface area contributed by atoms with Crippen LogP contribution in [0.5, 0.6) is 5.75 Å². The fraction of sp³-hybridized carbons (Fsp3) is 0.481. The number of likely N-dealkylation sites (N-methyl/N-ethyl adjacent to an activating group) is 2.